The standard InChI is InChI=1S/C18H19F2N5S/c1-24(2)11-12-25-18(21-22-23-25)26-17(13-3-7-15(19)8-4-13)14-5-9-16(20)10-6-14/h3-10,17H,11-12H2,1-2H3. The van der Waals surface area contributed by atoms with Crippen molar-refractivity contribution in [2.24, 2.45) is 0 Å². The predicted molar refractivity (Wildman–Crippen MR) is 96.9 cm³/mol. The van der Waals surface area contributed by atoms with Crippen LogP contribution in [0.1, 0.15) is 16.4 Å². The summed E-state index contributed by atoms with van der Waals surface area (Å²) in [5, 5.41) is 12.4. The normalized spacial score (nSPS) is 11.5. The van der Waals surface area contributed by atoms with E-state index < -0.39 is 0 Å². The number of tetrazole rings is 1. The van der Waals surface area contributed by atoms with E-state index in [4.69, 9.17) is 0 Å². The summed E-state index contributed by atoms with van der Waals surface area (Å²) < 4.78 is 28.4. The predicted octanol–water partition coefficient (Wildman–Crippen LogP) is 3.39. The molecule has 3 rings (SSSR count). The van der Waals surface area contributed by atoms with Crippen molar-refractivity contribution in [3.05, 3.63) is 71.3 Å². The van der Waals surface area contributed by atoms with Crippen LogP contribution >= 0.6 is 11.8 Å². The zero-order chi connectivity index (χ0) is 18.5. The van der Waals surface area contributed by atoms with Crippen LogP contribution in [0.3, 0.4) is 0 Å². The molecule has 3 aromatic rings. The van der Waals surface area contributed by atoms with Gasteiger partial charge in [0, 0.05) is 6.54 Å². The average Bonchev–Trinajstić information content (AvgIpc) is 3.07. The fraction of sp³-hybridized carbons (Fsp3) is 0.278. The summed E-state index contributed by atoms with van der Waals surface area (Å²) in [5.41, 5.74) is 1.79. The molecular formula is C18H19F2N5S. The molecule has 8 heteroatoms. The number of halogens is 2. The molecule has 0 N–H and O–H groups in total. The topological polar surface area (TPSA) is 46.8 Å². The van der Waals surface area contributed by atoms with Crippen LogP contribution in [0.25, 0.3) is 0 Å². The van der Waals surface area contributed by atoms with Crippen molar-refractivity contribution >= 4 is 11.8 Å². The van der Waals surface area contributed by atoms with Crippen LogP contribution in [0.15, 0.2) is 53.7 Å². The molecule has 0 bridgehead atoms. The first-order valence-corrected chi connectivity index (χ1v) is 8.99. The van der Waals surface area contributed by atoms with Gasteiger partial charge in [-0.15, -0.1) is 5.10 Å². The number of benzene rings is 2. The van der Waals surface area contributed by atoms with Crippen LogP contribution < -0.4 is 0 Å². The van der Waals surface area contributed by atoms with Gasteiger partial charge in [0.1, 0.15) is 11.6 Å². The number of rotatable bonds is 7. The highest BCUT2D eigenvalue weighted by atomic mass is 32.2. The lowest BCUT2D eigenvalue weighted by Crippen LogP contribution is -2.19. The van der Waals surface area contributed by atoms with E-state index in [1.807, 2.05) is 19.0 Å². The van der Waals surface area contributed by atoms with Gasteiger partial charge in [0.25, 0.3) is 0 Å². The molecule has 0 spiro atoms. The Morgan fingerprint density at radius 3 is 2.00 bits per heavy atom. The molecule has 0 radical (unpaired) electrons. The van der Waals surface area contributed by atoms with Gasteiger partial charge < -0.3 is 4.90 Å². The molecule has 26 heavy (non-hydrogen) atoms. The minimum Gasteiger partial charge on any atom is -0.308 e. The minimum atomic E-state index is -0.299. The monoisotopic (exact) mass is 375 g/mol. The summed E-state index contributed by atoms with van der Waals surface area (Å²) >= 11 is 1.46. The van der Waals surface area contributed by atoms with Crippen LogP contribution in [0.2, 0.25) is 0 Å². The summed E-state index contributed by atoms with van der Waals surface area (Å²) in [6.45, 7) is 1.46. The Morgan fingerprint density at radius 2 is 1.50 bits per heavy atom. The summed E-state index contributed by atoms with van der Waals surface area (Å²) in [4.78, 5) is 2.05. The van der Waals surface area contributed by atoms with Crippen molar-refractivity contribution in [2.45, 2.75) is 17.0 Å². The highest BCUT2D eigenvalue weighted by molar-refractivity contribution is 7.99. The fourth-order valence-corrected chi connectivity index (χ4v) is 3.56. The lowest BCUT2D eigenvalue weighted by atomic mass is 10.0. The summed E-state index contributed by atoms with van der Waals surface area (Å²) in [7, 11) is 3.97. The van der Waals surface area contributed by atoms with Crippen LogP contribution in [-0.4, -0.2) is 45.7 Å². The lowest BCUT2D eigenvalue weighted by Gasteiger charge is -2.17. The van der Waals surface area contributed by atoms with E-state index in [1.165, 1.54) is 36.0 Å². The second kappa shape index (κ2) is 8.37. The highest BCUT2D eigenvalue weighted by Gasteiger charge is 2.20. The van der Waals surface area contributed by atoms with Crippen LogP contribution in [0, 0.1) is 11.6 Å². The third kappa shape index (κ3) is 4.64. The average molecular weight is 375 g/mol. The maximum atomic E-state index is 13.3. The molecule has 5 nitrogen and oxygen atoms in total. The Morgan fingerprint density at radius 1 is 0.962 bits per heavy atom. The Bertz CT molecular complexity index is 788. The zero-order valence-corrected chi connectivity index (χ0v) is 15.3. The third-order valence-corrected chi connectivity index (χ3v) is 5.11. The van der Waals surface area contributed by atoms with Gasteiger partial charge in [-0.3, -0.25) is 0 Å². The van der Waals surface area contributed by atoms with Crippen molar-refractivity contribution in [3.63, 3.8) is 0 Å². The Hall–Kier alpha value is -2.32. The van der Waals surface area contributed by atoms with E-state index in [1.54, 1.807) is 28.9 Å². The molecule has 0 atom stereocenters. The van der Waals surface area contributed by atoms with E-state index in [0.717, 1.165) is 17.7 Å². The molecule has 0 aliphatic heterocycles. The molecule has 0 fully saturated rings. The molecule has 0 saturated carbocycles. The number of hydrogen-bond acceptors (Lipinski definition) is 5. The molecule has 1 heterocycles. The number of thioether (sulfide) groups is 1. The zero-order valence-electron chi connectivity index (χ0n) is 14.5. The number of hydrogen-bond donors (Lipinski definition) is 0. The van der Waals surface area contributed by atoms with E-state index >= 15 is 0 Å². The largest absolute Gasteiger partial charge is 0.308 e. The van der Waals surface area contributed by atoms with Crippen molar-refractivity contribution in [2.75, 3.05) is 20.6 Å². The molecule has 0 unspecified atom stereocenters. The molecule has 1 aromatic heterocycles. The molecular weight excluding hydrogens is 356 g/mol. The third-order valence-electron chi connectivity index (χ3n) is 3.83. The SMILES string of the molecule is CN(C)CCn1nnnc1SC(c1ccc(F)cc1)c1ccc(F)cc1. The van der Waals surface area contributed by atoms with Gasteiger partial charge in [-0.2, -0.15) is 0 Å². The molecule has 0 aliphatic rings. The minimum absolute atomic E-state index is 0.180. The number of nitrogens with zero attached hydrogens (tertiary/aromatic N) is 5. The van der Waals surface area contributed by atoms with Crippen molar-refractivity contribution < 1.29 is 8.78 Å². The first-order chi connectivity index (χ1) is 12.5. The van der Waals surface area contributed by atoms with E-state index in [9.17, 15) is 8.78 Å². The van der Waals surface area contributed by atoms with Gasteiger partial charge in [0.2, 0.25) is 5.16 Å². The molecule has 0 aliphatic carbocycles. The van der Waals surface area contributed by atoms with Gasteiger partial charge in [-0.05, 0) is 59.9 Å². The van der Waals surface area contributed by atoms with Gasteiger partial charge >= 0.3 is 0 Å². The van der Waals surface area contributed by atoms with Gasteiger partial charge in [0.05, 0.1) is 11.8 Å². The van der Waals surface area contributed by atoms with Crippen LogP contribution in [0.5, 0.6) is 0 Å². The van der Waals surface area contributed by atoms with Crippen molar-refractivity contribution in [1.29, 1.82) is 0 Å². The van der Waals surface area contributed by atoms with Crippen molar-refractivity contribution in [1.82, 2.24) is 25.1 Å². The van der Waals surface area contributed by atoms with Crippen LogP contribution in [-0.2, 0) is 6.54 Å². The molecule has 2 aromatic carbocycles. The van der Waals surface area contributed by atoms with Crippen molar-refractivity contribution in [3.8, 4) is 0 Å². The lowest BCUT2D eigenvalue weighted by molar-refractivity contribution is 0.361. The Labute approximate surface area is 155 Å². The Kier molecular flexibility index (Phi) is 5.95. The molecule has 0 saturated heterocycles. The summed E-state index contributed by atoms with van der Waals surface area (Å²) in [6.07, 6.45) is 0. The van der Waals surface area contributed by atoms with E-state index in [0.29, 0.717) is 11.7 Å². The maximum Gasteiger partial charge on any atom is 0.210 e. The quantitative estimate of drug-likeness (QED) is 0.593. The number of likely N-dealkylation sites (N-methyl/N-ethyl adjacent to an activating group) is 1. The highest BCUT2D eigenvalue weighted by Crippen LogP contribution is 2.39. The molecule has 136 valence electrons. The second-order valence-corrected chi connectivity index (χ2v) is 7.16. The van der Waals surface area contributed by atoms with Gasteiger partial charge in [0.15, 0.2) is 0 Å². The van der Waals surface area contributed by atoms with E-state index in [-0.39, 0.29) is 16.9 Å². The number of aromatic nitrogens is 4. The molecule has 0 amide bonds. The first kappa shape index (κ1) is 18.5. The Balaban J connectivity index is 1.90. The van der Waals surface area contributed by atoms with Gasteiger partial charge in [-0.1, -0.05) is 36.0 Å². The first-order valence-electron chi connectivity index (χ1n) is 8.11. The van der Waals surface area contributed by atoms with Crippen LogP contribution in [0.4, 0.5) is 8.78 Å². The van der Waals surface area contributed by atoms with E-state index in [2.05, 4.69) is 15.5 Å². The summed E-state index contributed by atoms with van der Waals surface area (Å²) in [6, 6.07) is 12.6. The fourth-order valence-electron chi connectivity index (χ4n) is 2.43. The summed E-state index contributed by atoms with van der Waals surface area (Å²) in [5.74, 6) is -0.597. The van der Waals surface area contributed by atoms with Gasteiger partial charge in [-0.25, -0.2) is 13.5 Å². The smallest absolute Gasteiger partial charge is 0.210 e. The maximum absolute atomic E-state index is 13.3. The second-order valence-electron chi connectivity index (χ2n) is 6.09.